The summed E-state index contributed by atoms with van der Waals surface area (Å²) in [6.07, 6.45) is 3.82. The van der Waals surface area contributed by atoms with Gasteiger partial charge in [0.05, 0.1) is 0 Å². The molecule has 1 aliphatic rings. The predicted octanol–water partition coefficient (Wildman–Crippen LogP) is 2.74. The molecule has 0 unspecified atom stereocenters. The van der Waals surface area contributed by atoms with Gasteiger partial charge in [0, 0.05) is 16.3 Å². The number of aromatic amines is 1. The van der Waals surface area contributed by atoms with Crippen molar-refractivity contribution in [1.82, 2.24) is 4.98 Å². The maximum absolute atomic E-state index is 4.11. The molecule has 1 fully saturated rings. The lowest BCUT2D eigenvalue weighted by molar-refractivity contribution is 0.748. The minimum atomic E-state index is 1.03. The molecule has 1 aromatic carbocycles. The third kappa shape index (κ3) is 1.82. The van der Waals surface area contributed by atoms with Crippen LogP contribution in [0.3, 0.4) is 0 Å². The summed E-state index contributed by atoms with van der Waals surface area (Å²) in [4.78, 5) is 3.41. The molecule has 2 aromatic rings. The molecule has 1 aliphatic carbocycles. The standard InChI is InChI=1S/C16H17N/c1-11-6-8-13(9-7-11)15-10-16(17-12(15)2)14-4-3-5-14/h6-10,17H,2-5H2,1H3. The van der Waals surface area contributed by atoms with E-state index in [0.29, 0.717) is 0 Å². The van der Waals surface area contributed by atoms with Crippen LogP contribution in [-0.2, 0) is 0 Å². The number of aryl methyl sites for hydroxylation is 1. The molecule has 0 aliphatic heterocycles. The summed E-state index contributed by atoms with van der Waals surface area (Å²) in [6.45, 7) is 6.22. The fourth-order valence-corrected chi connectivity index (χ4v) is 2.30. The molecule has 1 N–H and O–H groups in total. The molecule has 0 bridgehead atoms. The highest BCUT2D eigenvalue weighted by molar-refractivity contribution is 5.65. The number of hydrogen-bond donors (Lipinski definition) is 1. The Balaban J connectivity index is 2.12. The van der Waals surface area contributed by atoms with Crippen LogP contribution in [-0.4, -0.2) is 4.98 Å². The topological polar surface area (TPSA) is 15.8 Å². The summed E-state index contributed by atoms with van der Waals surface area (Å²) in [6, 6.07) is 10.9. The molecule has 0 amide bonds. The van der Waals surface area contributed by atoms with E-state index < -0.39 is 0 Å². The fraction of sp³-hybridized carbons (Fsp3) is 0.250. The molecule has 1 saturated carbocycles. The Hall–Kier alpha value is -1.76. The lowest BCUT2D eigenvalue weighted by Crippen LogP contribution is -2.15. The number of nitrogens with one attached hydrogen (secondary N) is 1. The molecule has 0 radical (unpaired) electrons. The normalized spacial score (nSPS) is 14.8. The molecule has 3 rings (SSSR count). The number of benzene rings is 1. The van der Waals surface area contributed by atoms with Crippen LogP contribution in [0.4, 0.5) is 0 Å². The van der Waals surface area contributed by atoms with Crippen molar-refractivity contribution in [2.45, 2.75) is 26.2 Å². The third-order valence-electron chi connectivity index (χ3n) is 3.60. The molecule has 17 heavy (non-hydrogen) atoms. The summed E-state index contributed by atoms with van der Waals surface area (Å²) in [5.74, 6) is 0. The van der Waals surface area contributed by atoms with E-state index in [1.807, 2.05) is 0 Å². The van der Waals surface area contributed by atoms with E-state index in [2.05, 4.69) is 48.8 Å². The Morgan fingerprint density at radius 3 is 2.41 bits per heavy atom. The van der Waals surface area contributed by atoms with E-state index in [1.54, 1.807) is 5.57 Å². The summed E-state index contributed by atoms with van der Waals surface area (Å²) >= 11 is 0. The highest BCUT2D eigenvalue weighted by atomic mass is 14.7. The molecule has 1 nitrogen and oxygen atoms in total. The Morgan fingerprint density at radius 2 is 1.82 bits per heavy atom. The summed E-state index contributed by atoms with van der Waals surface area (Å²) in [7, 11) is 0. The van der Waals surface area contributed by atoms with Crippen LogP contribution in [0.1, 0.15) is 24.8 Å². The monoisotopic (exact) mass is 223 g/mol. The zero-order valence-electron chi connectivity index (χ0n) is 10.2. The molecule has 1 aromatic heterocycles. The SMILES string of the molecule is C=c1[nH]c(=C2CCC2)cc1-c1ccc(C)cc1. The lowest BCUT2D eigenvalue weighted by Gasteiger charge is -2.14. The molecule has 86 valence electrons. The van der Waals surface area contributed by atoms with Crippen LogP contribution >= 0.6 is 0 Å². The van der Waals surface area contributed by atoms with Gasteiger partial charge in [-0.1, -0.05) is 36.4 Å². The minimum Gasteiger partial charge on any atom is -0.356 e. The molecule has 0 spiro atoms. The van der Waals surface area contributed by atoms with Crippen molar-refractivity contribution in [2.75, 3.05) is 0 Å². The van der Waals surface area contributed by atoms with Gasteiger partial charge < -0.3 is 4.98 Å². The average Bonchev–Trinajstić information content (AvgIpc) is 2.59. The fourth-order valence-electron chi connectivity index (χ4n) is 2.30. The van der Waals surface area contributed by atoms with Gasteiger partial charge >= 0.3 is 0 Å². The van der Waals surface area contributed by atoms with E-state index >= 15 is 0 Å². The van der Waals surface area contributed by atoms with Gasteiger partial charge in [0.2, 0.25) is 0 Å². The maximum Gasteiger partial charge on any atom is 0.0391 e. The third-order valence-corrected chi connectivity index (χ3v) is 3.60. The van der Waals surface area contributed by atoms with E-state index in [1.165, 1.54) is 41.3 Å². The first-order chi connectivity index (χ1) is 8.24. The van der Waals surface area contributed by atoms with Gasteiger partial charge in [-0.05, 0) is 43.4 Å². The summed E-state index contributed by atoms with van der Waals surface area (Å²) < 4.78 is 0. The summed E-state index contributed by atoms with van der Waals surface area (Å²) in [5.41, 5.74) is 5.33. The van der Waals surface area contributed by atoms with Gasteiger partial charge in [0.1, 0.15) is 0 Å². The Kier molecular flexibility index (Phi) is 2.40. The maximum atomic E-state index is 4.11. The van der Waals surface area contributed by atoms with Crippen molar-refractivity contribution in [3.63, 3.8) is 0 Å². The molecule has 1 heterocycles. The zero-order chi connectivity index (χ0) is 11.8. The van der Waals surface area contributed by atoms with Crippen molar-refractivity contribution in [2.24, 2.45) is 0 Å². The van der Waals surface area contributed by atoms with Gasteiger partial charge in [-0.3, -0.25) is 0 Å². The second-order valence-electron chi connectivity index (χ2n) is 4.90. The van der Waals surface area contributed by atoms with Crippen molar-refractivity contribution < 1.29 is 0 Å². The summed E-state index contributed by atoms with van der Waals surface area (Å²) in [5, 5.41) is 2.32. The van der Waals surface area contributed by atoms with Crippen molar-refractivity contribution in [3.05, 3.63) is 46.6 Å². The van der Waals surface area contributed by atoms with Gasteiger partial charge in [0.25, 0.3) is 0 Å². The van der Waals surface area contributed by atoms with Crippen LogP contribution in [0, 0.1) is 6.92 Å². The zero-order valence-corrected chi connectivity index (χ0v) is 10.2. The minimum absolute atomic E-state index is 1.03. The van der Waals surface area contributed by atoms with Crippen LogP contribution in [0.15, 0.2) is 30.3 Å². The molecular formula is C16H17N. The second kappa shape index (κ2) is 3.92. The Labute approximate surface area is 102 Å². The highest BCUT2D eigenvalue weighted by Crippen LogP contribution is 2.25. The Bertz CT molecular complexity index is 638. The molecular weight excluding hydrogens is 206 g/mol. The molecule has 0 atom stereocenters. The van der Waals surface area contributed by atoms with Crippen molar-refractivity contribution >= 4 is 12.2 Å². The van der Waals surface area contributed by atoms with Crippen LogP contribution < -0.4 is 10.7 Å². The van der Waals surface area contributed by atoms with Crippen molar-refractivity contribution in [1.29, 1.82) is 0 Å². The highest BCUT2D eigenvalue weighted by Gasteiger charge is 2.11. The largest absolute Gasteiger partial charge is 0.356 e. The lowest BCUT2D eigenvalue weighted by atomic mass is 9.92. The smallest absolute Gasteiger partial charge is 0.0391 e. The van der Waals surface area contributed by atoms with E-state index in [-0.39, 0.29) is 0 Å². The predicted molar refractivity (Wildman–Crippen MR) is 73.0 cm³/mol. The number of rotatable bonds is 1. The van der Waals surface area contributed by atoms with E-state index in [4.69, 9.17) is 0 Å². The quantitative estimate of drug-likeness (QED) is 0.765. The molecule has 0 saturated heterocycles. The van der Waals surface area contributed by atoms with Crippen LogP contribution in [0.25, 0.3) is 23.3 Å². The first kappa shape index (κ1) is 10.4. The van der Waals surface area contributed by atoms with Crippen molar-refractivity contribution in [3.8, 4) is 11.1 Å². The number of hydrogen-bond acceptors (Lipinski definition) is 0. The van der Waals surface area contributed by atoms with E-state index in [9.17, 15) is 0 Å². The average molecular weight is 223 g/mol. The first-order valence-corrected chi connectivity index (χ1v) is 6.21. The second-order valence-corrected chi connectivity index (χ2v) is 4.90. The van der Waals surface area contributed by atoms with Gasteiger partial charge in [-0.15, -0.1) is 0 Å². The Morgan fingerprint density at radius 1 is 1.12 bits per heavy atom. The number of aromatic nitrogens is 1. The van der Waals surface area contributed by atoms with Gasteiger partial charge in [-0.25, -0.2) is 0 Å². The van der Waals surface area contributed by atoms with Crippen LogP contribution in [0.5, 0.6) is 0 Å². The first-order valence-electron chi connectivity index (χ1n) is 6.21. The molecule has 1 heteroatoms. The van der Waals surface area contributed by atoms with Gasteiger partial charge in [0.15, 0.2) is 0 Å². The van der Waals surface area contributed by atoms with E-state index in [0.717, 1.165) is 5.35 Å². The van der Waals surface area contributed by atoms with Crippen LogP contribution in [0.2, 0.25) is 0 Å². The van der Waals surface area contributed by atoms with Gasteiger partial charge in [-0.2, -0.15) is 0 Å². The number of H-pyrrole nitrogens is 1.